The Bertz CT molecular complexity index is 1960. The van der Waals surface area contributed by atoms with Gasteiger partial charge in [-0.25, -0.2) is 9.13 Å². The lowest BCUT2D eigenvalue weighted by molar-refractivity contribution is -0.161. The van der Waals surface area contributed by atoms with Crippen molar-refractivity contribution in [1.82, 2.24) is 0 Å². The lowest BCUT2D eigenvalue weighted by Crippen LogP contribution is -2.30. The largest absolute Gasteiger partial charge is 0.472 e. The molecule has 0 saturated carbocycles. The fourth-order valence-electron chi connectivity index (χ4n) is 12.9. The maximum Gasteiger partial charge on any atom is 0.472 e. The van der Waals surface area contributed by atoms with Crippen LogP contribution < -0.4 is 0 Å². The summed E-state index contributed by atoms with van der Waals surface area (Å²) in [6.45, 7) is 9.68. The minimum atomic E-state index is -4.96. The minimum absolute atomic E-state index is 0.107. The number of phosphoric acid groups is 2. The van der Waals surface area contributed by atoms with Crippen LogP contribution in [0, 0.1) is 11.8 Å². The van der Waals surface area contributed by atoms with Crippen molar-refractivity contribution < 1.29 is 80.2 Å². The molecule has 0 radical (unpaired) electrons. The molecule has 606 valence electrons. The number of hydrogen-bond acceptors (Lipinski definition) is 15. The fourth-order valence-corrected chi connectivity index (χ4v) is 14.4. The van der Waals surface area contributed by atoms with E-state index in [0.717, 1.165) is 108 Å². The van der Waals surface area contributed by atoms with Crippen molar-refractivity contribution >= 4 is 39.5 Å². The molecule has 0 aromatic heterocycles. The highest BCUT2D eigenvalue weighted by Crippen LogP contribution is 2.45. The monoisotopic (exact) mass is 1490 g/mol. The molecule has 0 saturated heterocycles. The van der Waals surface area contributed by atoms with Gasteiger partial charge in [-0.15, -0.1) is 0 Å². The Labute approximate surface area is 626 Å². The fraction of sp³-hybridized carbons (Fsp3) is 0.952. The smallest absolute Gasteiger partial charge is 0.462 e. The van der Waals surface area contributed by atoms with Gasteiger partial charge >= 0.3 is 39.5 Å². The molecule has 0 aromatic carbocycles. The molecule has 102 heavy (non-hydrogen) atoms. The van der Waals surface area contributed by atoms with Gasteiger partial charge in [0, 0.05) is 25.7 Å². The van der Waals surface area contributed by atoms with Gasteiger partial charge in [0.15, 0.2) is 12.2 Å². The van der Waals surface area contributed by atoms with Crippen LogP contribution in [0.3, 0.4) is 0 Å². The lowest BCUT2D eigenvalue weighted by atomic mass is 9.99. The van der Waals surface area contributed by atoms with Crippen LogP contribution in [0.2, 0.25) is 0 Å². The first kappa shape index (κ1) is 100. The number of carbonyl (C=O) groups excluding carboxylic acids is 4. The van der Waals surface area contributed by atoms with E-state index in [-0.39, 0.29) is 25.7 Å². The number of phosphoric ester groups is 2. The third kappa shape index (κ3) is 74.9. The Morgan fingerprint density at radius 3 is 0.745 bits per heavy atom. The second-order valence-electron chi connectivity index (χ2n) is 30.6. The number of esters is 4. The Morgan fingerprint density at radius 2 is 0.500 bits per heavy atom. The van der Waals surface area contributed by atoms with Gasteiger partial charge in [-0.1, -0.05) is 388 Å². The summed E-state index contributed by atoms with van der Waals surface area (Å²) in [5.74, 6) is -0.482. The molecule has 0 heterocycles. The molecule has 0 aliphatic heterocycles. The van der Waals surface area contributed by atoms with Crippen LogP contribution in [0.5, 0.6) is 0 Å². The van der Waals surface area contributed by atoms with E-state index in [4.69, 9.17) is 37.0 Å². The number of rotatable bonds is 82. The van der Waals surface area contributed by atoms with E-state index in [0.29, 0.717) is 25.7 Å². The van der Waals surface area contributed by atoms with Crippen LogP contribution in [-0.4, -0.2) is 96.7 Å². The molecule has 0 fully saturated rings. The van der Waals surface area contributed by atoms with Crippen molar-refractivity contribution in [2.24, 2.45) is 11.8 Å². The van der Waals surface area contributed by atoms with E-state index in [9.17, 15) is 43.2 Å². The minimum Gasteiger partial charge on any atom is -0.462 e. The molecule has 0 aliphatic rings. The summed E-state index contributed by atoms with van der Waals surface area (Å²) in [4.78, 5) is 73.0. The van der Waals surface area contributed by atoms with Gasteiger partial charge in [-0.3, -0.25) is 37.3 Å². The number of aliphatic hydroxyl groups is 1. The zero-order valence-electron chi connectivity index (χ0n) is 66.9. The topological polar surface area (TPSA) is 237 Å². The van der Waals surface area contributed by atoms with E-state index in [2.05, 4.69) is 41.5 Å². The van der Waals surface area contributed by atoms with Gasteiger partial charge in [-0.2, -0.15) is 0 Å². The second kappa shape index (κ2) is 74.5. The number of ether oxygens (including phenoxy) is 4. The highest BCUT2D eigenvalue weighted by Gasteiger charge is 2.30. The molecular formula is C83H162O17P2. The highest BCUT2D eigenvalue weighted by atomic mass is 31.2. The predicted octanol–water partition coefficient (Wildman–Crippen LogP) is 25.1. The van der Waals surface area contributed by atoms with Gasteiger partial charge < -0.3 is 33.8 Å². The summed E-state index contributed by atoms with van der Waals surface area (Å²) in [5, 5.41) is 10.6. The standard InChI is InChI=1S/C83H162O17P2/c1-7-10-12-14-16-18-19-20-21-22-23-24-25-26-27-32-38-43-49-55-61-67-82(87)100-79(72-94-81(86)66-60-54-48-42-37-31-29-28-30-36-41-46-52-58-64-76(6)9-3)74-98-102(91,92)96-70-77(84)69-95-101(89,90)97-73-78(71-93-80(85)65-59-53-47-17-15-13-11-8-2)99-83(88)68-62-56-50-44-39-34-33-35-40-45-51-57-63-75(4)5/h75-79,84H,7-74H2,1-6H3,(H,89,90)(H,91,92)/t76?,77-,78+,79+/m0/s1. The summed E-state index contributed by atoms with van der Waals surface area (Å²) in [7, 11) is -9.92. The molecule has 17 nitrogen and oxygen atoms in total. The highest BCUT2D eigenvalue weighted by molar-refractivity contribution is 7.47. The molecule has 0 amide bonds. The van der Waals surface area contributed by atoms with Crippen molar-refractivity contribution in [3.63, 3.8) is 0 Å². The van der Waals surface area contributed by atoms with Crippen LogP contribution in [0.1, 0.15) is 440 Å². The first-order valence-corrected chi connectivity index (χ1v) is 46.0. The third-order valence-corrected chi connectivity index (χ3v) is 21.7. The van der Waals surface area contributed by atoms with Crippen LogP contribution in [0.4, 0.5) is 0 Å². The van der Waals surface area contributed by atoms with Gasteiger partial charge in [0.1, 0.15) is 19.3 Å². The molecule has 3 unspecified atom stereocenters. The maximum absolute atomic E-state index is 13.1. The van der Waals surface area contributed by atoms with Gasteiger partial charge in [-0.05, 0) is 37.5 Å². The Hall–Kier alpha value is -1.94. The summed E-state index contributed by atoms with van der Waals surface area (Å²) < 4.78 is 68.7. The van der Waals surface area contributed by atoms with Crippen molar-refractivity contribution in [3.05, 3.63) is 0 Å². The van der Waals surface area contributed by atoms with Crippen LogP contribution in [0.25, 0.3) is 0 Å². The summed E-state index contributed by atoms with van der Waals surface area (Å²) in [6.07, 6.45) is 65.3. The van der Waals surface area contributed by atoms with Crippen LogP contribution in [0.15, 0.2) is 0 Å². The van der Waals surface area contributed by atoms with Crippen molar-refractivity contribution in [3.8, 4) is 0 Å². The molecule has 0 spiro atoms. The van der Waals surface area contributed by atoms with E-state index >= 15 is 0 Å². The third-order valence-electron chi connectivity index (χ3n) is 19.8. The summed E-state index contributed by atoms with van der Waals surface area (Å²) >= 11 is 0. The zero-order valence-corrected chi connectivity index (χ0v) is 68.7. The average molecular weight is 1490 g/mol. The van der Waals surface area contributed by atoms with Crippen molar-refractivity contribution in [2.45, 2.75) is 458 Å². The molecule has 0 aromatic rings. The van der Waals surface area contributed by atoms with E-state index in [1.54, 1.807) is 0 Å². The molecule has 19 heteroatoms. The van der Waals surface area contributed by atoms with E-state index in [1.165, 1.54) is 250 Å². The quantitative estimate of drug-likeness (QED) is 0.0222. The zero-order chi connectivity index (χ0) is 74.9. The Balaban J connectivity index is 5.19. The molecule has 0 rings (SSSR count). The lowest BCUT2D eigenvalue weighted by Gasteiger charge is -2.21. The van der Waals surface area contributed by atoms with Crippen LogP contribution >= 0.6 is 15.6 Å². The number of unbranched alkanes of at least 4 members (excludes halogenated alkanes) is 51. The first-order valence-electron chi connectivity index (χ1n) is 43.0. The van der Waals surface area contributed by atoms with E-state index in [1.807, 2.05) is 0 Å². The molecule has 6 atom stereocenters. The normalized spacial score (nSPS) is 14.1. The van der Waals surface area contributed by atoms with E-state index < -0.39 is 97.5 Å². The maximum atomic E-state index is 13.1. The van der Waals surface area contributed by atoms with Gasteiger partial charge in [0.2, 0.25) is 0 Å². The number of carbonyl (C=O) groups is 4. The molecule has 0 bridgehead atoms. The SMILES string of the molecule is CCCCCCCCCCCCCCCCCCCCCCCC(=O)O[C@H](COC(=O)CCCCCCCCCCCCCCCCC(C)CC)COP(=O)(O)OC[C@@H](O)COP(=O)(O)OC[C@@H](COC(=O)CCCCCCCCCC)OC(=O)CCCCCCCCCCCCCCC(C)C. The Morgan fingerprint density at radius 1 is 0.284 bits per heavy atom. The first-order chi connectivity index (χ1) is 49.4. The summed E-state index contributed by atoms with van der Waals surface area (Å²) in [6, 6.07) is 0. The Kier molecular flexibility index (Phi) is 73.1. The second-order valence-corrected chi connectivity index (χ2v) is 33.5. The molecular weight excluding hydrogens is 1330 g/mol. The van der Waals surface area contributed by atoms with Crippen LogP contribution in [-0.2, 0) is 65.4 Å². The van der Waals surface area contributed by atoms with Crippen molar-refractivity contribution in [1.29, 1.82) is 0 Å². The van der Waals surface area contributed by atoms with Gasteiger partial charge in [0.05, 0.1) is 26.4 Å². The predicted molar refractivity (Wildman–Crippen MR) is 418 cm³/mol. The summed E-state index contributed by atoms with van der Waals surface area (Å²) in [5.41, 5.74) is 0. The number of aliphatic hydroxyl groups excluding tert-OH is 1. The number of hydrogen-bond donors (Lipinski definition) is 3. The molecule has 3 N–H and O–H groups in total. The molecule has 0 aliphatic carbocycles. The van der Waals surface area contributed by atoms with Gasteiger partial charge in [0.25, 0.3) is 0 Å². The average Bonchev–Trinajstić information content (AvgIpc) is 0.913. The van der Waals surface area contributed by atoms with Crippen molar-refractivity contribution in [2.75, 3.05) is 39.6 Å².